The van der Waals surface area contributed by atoms with Gasteiger partial charge in [0, 0.05) is 30.2 Å². The lowest BCUT2D eigenvalue weighted by molar-refractivity contribution is -0.384. The molecule has 0 bridgehead atoms. The van der Waals surface area contributed by atoms with Crippen molar-refractivity contribution in [2.75, 3.05) is 6.54 Å². The summed E-state index contributed by atoms with van der Waals surface area (Å²) < 4.78 is 0. The van der Waals surface area contributed by atoms with E-state index in [1.54, 1.807) is 12.1 Å². The lowest BCUT2D eigenvalue weighted by Crippen LogP contribution is -2.36. The Balaban J connectivity index is 1.95. The normalized spacial score (nSPS) is 11.2. The van der Waals surface area contributed by atoms with Crippen molar-refractivity contribution in [1.29, 1.82) is 0 Å². The van der Waals surface area contributed by atoms with Crippen LogP contribution < -0.4 is 10.6 Å². The van der Waals surface area contributed by atoms with Gasteiger partial charge >= 0.3 is 0 Å². The van der Waals surface area contributed by atoms with Crippen LogP contribution in [0, 0.1) is 10.1 Å². The molecule has 0 fully saturated rings. The van der Waals surface area contributed by atoms with Crippen molar-refractivity contribution < 1.29 is 4.92 Å². The summed E-state index contributed by atoms with van der Waals surface area (Å²) in [5, 5.41) is 17.7. The van der Waals surface area contributed by atoms with E-state index < -0.39 is 4.92 Å². The Morgan fingerprint density at radius 1 is 1.08 bits per heavy atom. The lowest BCUT2D eigenvalue weighted by Gasteiger charge is -2.11. The van der Waals surface area contributed by atoms with Crippen molar-refractivity contribution in [3.05, 3.63) is 74.8 Å². The number of hydrogen-bond acceptors (Lipinski definition) is 3. The second-order valence-electron chi connectivity index (χ2n) is 5.10. The fourth-order valence-electron chi connectivity index (χ4n) is 2.02. The number of nitrogens with zero attached hydrogens (tertiary/aromatic N) is 2. The van der Waals surface area contributed by atoms with Crippen molar-refractivity contribution in [1.82, 2.24) is 10.6 Å². The maximum absolute atomic E-state index is 10.7. The highest BCUT2D eigenvalue weighted by molar-refractivity contribution is 6.30. The van der Waals surface area contributed by atoms with E-state index in [9.17, 15) is 10.1 Å². The summed E-state index contributed by atoms with van der Waals surface area (Å²) in [5.41, 5.74) is 2.09. The number of aliphatic imine (C=N–C) groups is 1. The standard InChI is InChI=1S/C17H19ClN4O2/c1-2-19-17(20-11-13-3-7-15(18)8-4-13)21-12-14-5-9-16(10-6-14)22(23)24/h3-10H,2,11-12H2,1H3,(H2,19,20,21). The summed E-state index contributed by atoms with van der Waals surface area (Å²) in [6, 6.07) is 14.0. The SMILES string of the molecule is CCNC(=NCc1ccc(Cl)cc1)NCc1ccc([N+](=O)[O-])cc1. The number of guanidine groups is 1. The first kappa shape index (κ1) is 17.7. The Bertz CT molecular complexity index is 700. The van der Waals surface area contributed by atoms with Crippen LogP contribution in [0.3, 0.4) is 0 Å². The van der Waals surface area contributed by atoms with Crippen molar-refractivity contribution in [3.63, 3.8) is 0 Å². The largest absolute Gasteiger partial charge is 0.357 e. The lowest BCUT2D eigenvalue weighted by atomic mass is 10.2. The van der Waals surface area contributed by atoms with Gasteiger partial charge in [0.1, 0.15) is 0 Å². The quantitative estimate of drug-likeness (QED) is 0.363. The van der Waals surface area contributed by atoms with E-state index in [1.807, 2.05) is 31.2 Å². The van der Waals surface area contributed by atoms with E-state index in [1.165, 1.54) is 12.1 Å². The van der Waals surface area contributed by atoms with Crippen molar-refractivity contribution in [2.24, 2.45) is 4.99 Å². The van der Waals surface area contributed by atoms with Crippen LogP contribution in [0.25, 0.3) is 0 Å². The topological polar surface area (TPSA) is 79.6 Å². The highest BCUT2D eigenvalue weighted by atomic mass is 35.5. The van der Waals surface area contributed by atoms with E-state index in [-0.39, 0.29) is 5.69 Å². The molecule has 0 aromatic heterocycles. The van der Waals surface area contributed by atoms with Crippen LogP contribution in [0.4, 0.5) is 5.69 Å². The summed E-state index contributed by atoms with van der Waals surface area (Å²) >= 11 is 5.87. The van der Waals surface area contributed by atoms with Crippen LogP contribution in [0.1, 0.15) is 18.1 Å². The van der Waals surface area contributed by atoms with Crippen LogP contribution in [0.2, 0.25) is 5.02 Å². The molecule has 0 aliphatic carbocycles. The van der Waals surface area contributed by atoms with Crippen molar-refractivity contribution in [3.8, 4) is 0 Å². The molecule has 2 aromatic rings. The average molecular weight is 347 g/mol. The molecule has 0 heterocycles. The zero-order valence-corrected chi connectivity index (χ0v) is 14.1. The minimum absolute atomic E-state index is 0.0852. The minimum atomic E-state index is -0.408. The number of nitro benzene ring substituents is 1. The molecule has 0 aliphatic rings. The van der Waals surface area contributed by atoms with Crippen molar-refractivity contribution >= 4 is 23.2 Å². The number of nitro groups is 1. The molecule has 0 amide bonds. The van der Waals surface area contributed by atoms with E-state index >= 15 is 0 Å². The third kappa shape index (κ3) is 5.55. The Kier molecular flexibility index (Phi) is 6.57. The molecule has 126 valence electrons. The minimum Gasteiger partial charge on any atom is -0.357 e. The van der Waals surface area contributed by atoms with E-state index in [0.29, 0.717) is 24.1 Å². The smallest absolute Gasteiger partial charge is 0.269 e. The molecule has 24 heavy (non-hydrogen) atoms. The van der Waals surface area contributed by atoms with Crippen LogP contribution in [-0.4, -0.2) is 17.4 Å². The Morgan fingerprint density at radius 2 is 1.71 bits per heavy atom. The first-order valence-electron chi connectivity index (χ1n) is 7.58. The first-order chi connectivity index (χ1) is 11.6. The molecule has 0 aliphatic heterocycles. The summed E-state index contributed by atoms with van der Waals surface area (Å²) in [6.45, 7) is 3.80. The molecule has 2 N–H and O–H groups in total. The summed E-state index contributed by atoms with van der Waals surface area (Å²) in [7, 11) is 0. The molecular formula is C17H19ClN4O2. The fraction of sp³-hybridized carbons (Fsp3) is 0.235. The Hall–Kier alpha value is -2.60. The van der Waals surface area contributed by atoms with Gasteiger partial charge in [0.25, 0.3) is 5.69 Å². The van der Waals surface area contributed by atoms with Crippen LogP contribution >= 0.6 is 11.6 Å². The number of non-ortho nitro benzene ring substituents is 1. The molecule has 0 atom stereocenters. The van der Waals surface area contributed by atoms with Gasteiger partial charge in [-0.2, -0.15) is 0 Å². The molecule has 0 saturated heterocycles. The predicted molar refractivity (Wildman–Crippen MR) is 96.2 cm³/mol. The molecule has 6 nitrogen and oxygen atoms in total. The zero-order valence-electron chi connectivity index (χ0n) is 13.3. The molecule has 2 rings (SSSR count). The Morgan fingerprint density at radius 3 is 2.29 bits per heavy atom. The average Bonchev–Trinajstić information content (AvgIpc) is 2.59. The first-order valence-corrected chi connectivity index (χ1v) is 7.96. The number of hydrogen-bond donors (Lipinski definition) is 2. The highest BCUT2D eigenvalue weighted by Gasteiger charge is 2.04. The van der Waals surface area contributed by atoms with Crippen LogP contribution in [-0.2, 0) is 13.1 Å². The molecule has 0 saturated carbocycles. The van der Waals surface area contributed by atoms with Gasteiger partial charge in [-0.05, 0) is 30.2 Å². The number of halogens is 1. The second kappa shape index (κ2) is 8.88. The van der Waals surface area contributed by atoms with Gasteiger partial charge < -0.3 is 10.6 Å². The monoisotopic (exact) mass is 346 g/mol. The van der Waals surface area contributed by atoms with Gasteiger partial charge in [-0.15, -0.1) is 0 Å². The van der Waals surface area contributed by atoms with Crippen LogP contribution in [0.5, 0.6) is 0 Å². The third-order valence-corrected chi connectivity index (χ3v) is 3.54. The number of benzene rings is 2. The maximum atomic E-state index is 10.7. The van der Waals surface area contributed by atoms with Gasteiger partial charge in [-0.25, -0.2) is 4.99 Å². The molecule has 0 radical (unpaired) electrons. The summed E-state index contributed by atoms with van der Waals surface area (Å²) in [5.74, 6) is 0.686. The third-order valence-electron chi connectivity index (χ3n) is 3.28. The van der Waals surface area contributed by atoms with Gasteiger partial charge in [0.05, 0.1) is 11.5 Å². The van der Waals surface area contributed by atoms with Gasteiger partial charge in [-0.3, -0.25) is 10.1 Å². The molecule has 0 unspecified atom stereocenters. The Labute approximate surface area is 145 Å². The molecular weight excluding hydrogens is 328 g/mol. The number of nitrogens with one attached hydrogen (secondary N) is 2. The summed E-state index contributed by atoms with van der Waals surface area (Å²) in [6.07, 6.45) is 0. The molecule has 2 aromatic carbocycles. The fourth-order valence-corrected chi connectivity index (χ4v) is 2.15. The van der Waals surface area contributed by atoms with Gasteiger partial charge in [0.15, 0.2) is 5.96 Å². The van der Waals surface area contributed by atoms with E-state index in [0.717, 1.165) is 17.7 Å². The summed E-state index contributed by atoms with van der Waals surface area (Å²) in [4.78, 5) is 14.8. The van der Waals surface area contributed by atoms with Gasteiger partial charge in [0.2, 0.25) is 0 Å². The zero-order chi connectivity index (χ0) is 17.4. The van der Waals surface area contributed by atoms with Crippen LogP contribution in [0.15, 0.2) is 53.5 Å². The highest BCUT2D eigenvalue weighted by Crippen LogP contribution is 2.12. The molecule has 7 heteroatoms. The van der Waals surface area contributed by atoms with E-state index in [2.05, 4.69) is 15.6 Å². The predicted octanol–water partition coefficient (Wildman–Crippen LogP) is 3.50. The van der Waals surface area contributed by atoms with E-state index in [4.69, 9.17) is 11.6 Å². The maximum Gasteiger partial charge on any atom is 0.269 e. The second-order valence-corrected chi connectivity index (χ2v) is 5.54. The molecule has 0 spiro atoms. The van der Waals surface area contributed by atoms with Crippen molar-refractivity contribution in [2.45, 2.75) is 20.0 Å². The number of rotatable bonds is 6. The van der Waals surface area contributed by atoms with Gasteiger partial charge in [-0.1, -0.05) is 35.9 Å².